The molecule has 1 unspecified atom stereocenters. The van der Waals surface area contributed by atoms with Gasteiger partial charge in [0.25, 0.3) is 5.91 Å². The number of rotatable bonds is 2. The van der Waals surface area contributed by atoms with Crippen LogP contribution in [-0.4, -0.2) is 18.3 Å². The molecule has 4 rings (SSSR count). The fraction of sp³-hybridized carbons (Fsp3) is 0.211. The second-order valence-corrected chi connectivity index (χ2v) is 6.98. The summed E-state index contributed by atoms with van der Waals surface area (Å²) < 4.78 is 19.2. The van der Waals surface area contributed by atoms with Gasteiger partial charge in [-0.3, -0.25) is 4.79 Å². The Balaban J connectivity index is 1.56. The maximum absolute atomic E-state index is 13.6. The van der Waals surface area contributed by atoms with E-state index < -0.39 is 0 Å². The van der Waals surface area contributed by atoms with Crippen molar-refractivity contribution >= 4 is 23.7 Å². The fourth-order valence-corrected chi connectivity index (χ4v) is 4.12. The lowest BCUT2D eigenvalue weighted by Gasteiger charge is -2.27. The van der Waals surface area contributed by atoms with Gasteiger partial charge in [0.2, 0.25) is 0 Å². The van der Waals surface area contributed by atoms with Crippen molar-refractivity contribution in [1.29, 1.82) is 0 Å². The Bertz CT molecular complexity index is 834. The number of fused-ring (bicyclic) bond motifs is 2. The van der Waals surface area contributed by atoms with Crippen LogP contribution in [-0.2, 0) is 4.79 Å². The molecule has 0 aromatic heterocycles. The van der Waals surface area contributed by atoms with Crippen molar-refractivity contribution < 1.29 is 13.9 Å². The molecule has 122 valence electrons. The van der Waals surface area contributed by atoms with E-state index in [0.717, 1.165) is 33.9 Å². The van der Waals surface area contributed by atoms with Gasteiger partial charge in [0, 0.05) is 16.2 Å². The molecule has 1 N–H and O–H groups in total. The minimum Gasteiger partial charge on any atom is -0.488 e. The SMILES string of the molecule is O=C(NC1CCSc2ccc(F)cc21)C1=Cc2ccccc2OC1. The number of amides is 1. The molecule has 0 bridgehead atoms. The Morgan fingerprint density at radius 2 is 2.12 bits per heavy atom. The maximum atomic E-state index is 13.6. The third kappa shape index (κ3) is 2.91. The molecule has 0 radical (unpaired) electrons. The second kappa shape index (κ2) is 6.32. The third-order valence-electron chi connectivity index (χ3n) is 4.24. The summed E-state index contributed by atoms with van der Waals surface area (Å²) in [4.78, 5) is 13.6. The molecule has 0 aliphatic carbocycles. The quantitative estimate of drug-likeness (QED) is 0.899. The van der Waals surface area contributed by atoms with Crippen molar-refractivity contribution in [3.63, 3.8) is 0 Å². The molecule has 5 heteroatoms. The average Bonchev–Trinajstić information content (AvgIpc) is 2.62. The molecule has 2 heterocycles. The summed E-state index contributed by atoms with van der Waals surface area (Å²) in [5.74, 6) is 1.26. The second-order valence-electron chi connectivity index (χ2n) is 5.84. The molecule has 0 saturated carbocycles. The summed E-state index contributed by atoms with van der Waals surface area (Å²) in [6.07, 6.45) is 2.65. The van der Waals surface area contributed by atoms with E-state index in [2.05, 4.69) is 5.32 Å². The smallest absolute Gasteiger partial charge is 0.251 e. The summed E-state index contributed by atoms with van der Waals surface area (Å²) in [5, 5.41) is 3.04. The van der Waals surface area contributed by atoms with Crippen LogP contribution in [0.3, 0.4) is 0 Å². The van der Waals surface area contributed by atoms with E-state index in [1.165, 1.54) is 12.1 Å². The topological polar surface area (TPSA) is 38.3 Å². The summed E-state index contributed by atoms with van der Waals surface area (Å²) in [6, 6.07) is 12.2. The van der Waals surface area contributed by atoms with Gasteiger partial charge < -0.3 is 10.1 Å². The molecular formula is C19H16FNO2S. The van der Waals surface area contributed by atoms with Crippen LogP contribution in [0.5, 0.6) is 5.75 Å². The maximum Gasteiger partial charge on any atom is 0.251 e. The van der Waals surface area contributed by atoms with Gasteiger partial charge in [0.15, 0.2) is 0 Å². The lowest BCUT2D eigenvalue weighted by Crippen LogP contribution is -2.33. The first-order chi connectivity index (χ1) is 11.7. The van der Waals surface area contributed by atoms with Crippen LogP contribution in [0.1, 0.15) is 23.6 Å². The van der Waals surface area contributed by atoms with Gasteiger partial charge in [-0.2, -0.15) is 0 Å². The number of halogens is 1. The summed E-state index contributed by atoms with van der Waals surface area (Å²) in [7, 11) is 0. The zero-order valence-corrected chi connectivity index (χ0v) is 13.7. The Hall–Kier alpha value is -2.27. The predicted octanol–water partition coefficient (Wildman–Crippen LogP) is 3.95. The van der Waals surface area contributed by atoms with Crippen LogP contribution in [0, 0.1) is 5.82 Å². The van der Waals surface area contributed by atoms with Crippen molar-refractivity contribution in [3.05, 3.63) is 65.0 Å². The molecule has 1 amide bonds. The first kappa shape index (κ1) is 15.3. The van der Waals surface area contributed by atoms with Gasteiger partial charge in [-0.15, -0.1) is 11.8 Å². The summed E-state index contributed by atoms with van der Waals surface area (Å²) in [5.41, 5.74) is 2.35. The third-order valence-corrected chi connectivity index (χ3v) is 5.36. The molecule has 2 aromatic rings. The van der Waals surface area contributed by atoms with Crippen LogP contribution in [0.4, 0.5) is 4.39 Å². The Kier molecular flexibility index (Phi) is 4.02. The molecule has 1 atom stereocenters. The first-order valence-corrected chi connectivity index (χ1v) is 8.85. The molecule has 2 aliphatic rings. The molecule has 24 heavy (non-hydrogen) atoms. The number of benzene rings is 2. The van der Waals surface area contributed by atoms with Crippen LogP contribution in [0.15, 0.2) is 52.9 Å². The number of hydrogen-bond acceptors (Lipinski definition) is 3. The average molecular weight is 341 g/mol. The normalized spacial score (nSPS) is 18.7. The van der Waals surface area contributed by atoms with E-state index in [1.807, 2.05) is 30.3 Å². The highest BCUT2D eigenvalue weighted by Crippen LogP contribution is 2.36. The monoisotopic (exact) mass is 341 g/mol. The van der Waals surface area contributed by atoms with Crippen LogP contribution in [0.25, 0.3) is 6.08 Å². The van der Waals surface area contributed by atoms with Gasteiger partial charge in [-0.05, 0) is 42.3 Å². The predicted molar refractivity (Wildman–Crippen MR) is 92.5 cm³/mol. The van der Waals surface area contributed by atoms with Gasteiger partial charge in [-0.1, -0.05) is 18.2 Å². The Morgan fingerprint density at radius 3 is 3.04 bits per heavy atom. The standard InChI is InChI=1S/C19H16FNO2S/c20-14-5-6-18-15(10-14)16(7-8-24-18)21-19(22)13-9-12-3-1-2-4-17(12)23-11-13/h1-6,9-10,16H,7-8,11H2,(H,21,22). The van der Waals surface area contributed by atoms with Crippen LogP contribution < -0.4 is 10.1 Å². The van der Waals surface area contributed by atoms with Crippen LogP contribution >= 0.6 is 11.8 Å². The first-order valence-electron chi connectivity index (χ1n) is 7.86. The minimum absolute atomic E-state index is 0.156. The molecule has 2 aliphatic heterocycles. The number of carbonyl (C=O) groups is 1. The minimum atomic E-state index is -0.273. The van der Waals surface area contributed by atoms with E-state index >= 15 is 0 Å². The van der Waals surface area contributed by atoms with E-state index in [4.69, 9.17) is 4.74 Å². The lowest BCUT2D eigenvalue weighted by molar-refractivity contribution is -0.118. The van der Waals surface area contributed by atoms with Crippen molar-refractivity contribution in [2.45, 2.75) is 17.4 Å². The van der Waals surface area contributed by atoms with Crippen molar-refractivity contribution in [2.75, 3.05) is 12.4 Å². The fourth-order valence-electron chi connectivity index (χ4n) is 3.01. The highest BCUT2D eigenvalue weighted by atomic mass is 32.2. The molecule has 3 nitrogen and oxygen atoms in total. The van der Waals surface area contributed by atoms with Crippen LogP contribution in [0.2, 0.25) is 0 Å². The van der Waals surface area contributed by atoms with Gasteiger partial charge in [-0.25, -0.2) is 4.39 Å². The number of ether oxygens (including phenoxy) is 1. The largest absolute Gasteiger partial charge is 0.488 e. The van der Waals surface area contributed by atoms with Crippen molar-refractivity contribution in [3.8, 4) is 5.75 Å². The summed E-state index contributed by atoms with van der Waals surface area (Å²) >= 11 is 1.70. The lowest BCUT2D eigenvalue weighted by atomic mass is 10.0. The highest BCUT2D eigenvalue weighted by molar-refractivity contribution is 7.99. The molecular weight excluding hydrogens is 325 g/mol. The zero-order chi connectivity index (χ0) is 16.5. The van der Waals surface area contributed by atoms with E-state index in [1.54, 1.807) is 17.8 Å². The molecule has 0 fully saturated rings. The van der Waals surface area contributed by atoms with Gasteiger partial charge >= 0.3 is 0 Å². The number of thioether (sulfide) groups is 1. The van der Waals surface area contributed by atoms with Gasteiger partial charge in [0.05, 0.1) is 11.6 Å². The molecule has 0 spiro atoms. The number of nitrogens with one attached hydrogen (secondary N) is 1. The van der Waals surface area contributed by atoms with E-state index in [0.29, 0.717) is 5.57 Å². The van der Waals surface area contributed by atoms with Crippen molar-refractivity contribution in [2.24, 2.45) is 0 Å². The summed E-state index contributed by atoms with van der Waals surface area (Å²) in [6.45, 7) is 0.250. The highest BCUT2D eigenvalue weighted by Gasteiger charge is 2.25. The van der Waals surface area contributed by atoms with E-state index in [-0.39, 0.29) is 24.4 Å². The number of hydrogen-bond donors (Lipinski definition) is 1. The Morgan fingerprint density at radius 1 is 1.25 bits per heavy atom. The molecule has 0 saturated heterocycles. The number of carbonyl (C=O) groups excluding carboxylic acids is 1. The van der Waals surface area contributed by atoms with Crippen molar-refractivity contribution in [1.82, 2.24) is 5.32 Å². The number of para-hydroxylation sites is 1. The van der Waals surface area contributed by atoms with E-state index in [9.17, 15) is 9.18 Å². The molecule has 2 aromatic carbocycles. The Labute approximate surface area is 143 Å². The zero-order valence-electron chi connectivity index (χ0n) is 12.9. The van der Waals surface area contributed by atoms with Gasteiger partial charge in [0.1, 0.15) is 18.2 Å².